The predicted molar refractivity (Wildman–Crippen MR) is 88.6 cm³/mol. The number of rotatable bonds is 3. The molecule has 0 radical (unpaired) electrons. The summed E-state index contributed by atoms with van der Waals surface area (Å²) >= 11 is 0.561. The van der Waals surface area contributed by atoms with Crippen molar-refractivity contribution in [3.63, 3.8) is 0 Å². The Kier molecular flexibility index (Phi) is 2.90. The Labute approximate surface area is 132 Å². The third-order valence-electron chi connectivity index (χ3n) is 6.15. The van der Waals surface area contributed by atoms with E-state index in [1.54, 1.807) is 8.70 Å². The maximum atomic E-state index is 4.05. The van der Waals surface area contributed by atoms with E-state index in [2.05, 4.69) is 35.6 Å². The molecular formula is C19H23NSe. The molecule has 4 bridgehead atoms. The van der Waals surface area contributed by atoms with Crippen LogP contribution < -0.4 is 5.32 Å². The molecule has 1 nitrogen and oxygen atoms in total. The molecule has 2 heteroatoms. The van der Waals surface area contributed by atoms with Gasteiger partial charge < -0.3 is 0 Å². The van der Waals surface area contributed by atoms with Crippen LogP contribution in [0.5, 0.6) is 0 Å². The summed E-state index contributed by atoms with van der Waals surface area (Å²) in [4.78, 5) is 0. The number of benzene rings is 1. The van der Waals surface area contributed by atoms with Crippen LogP contribution in [-0.4, -0.2) is 20.0 Å². The van der Waals surface area contributed by atoms with E-state index in [1.807, 2.05) is 0 Å². The Morgan fingerprint density at radius 1 is 1.00 bits per heavy atom. The third kappa shape index (κ3) is 2.23. The summed E-state index contributed by atoms with van der Waals surface area (Å²) in [7, 11) is 0. The predicted octanol–water partition coefficient (Wildman–Crippen LogP) is 3.96. The normalized spacial score (nSPS) is 37.4. The molecule has 110 valence electrons. The molecule has 4 saturated carbocycles. The van der Waals surface area contributed by atoms with Gasteiger partial charge in [0, 0.05) is 0 Å². The second-order valence-electron chi connectivity index (χ2n) is 7.80. The van der Waals surface area contributed by atoms with Crippen LogP contribution in [0.2, 0.25) is 0 Å². The molecule has 1 aromatic heterocycles. The molecule has 2 aromatic rings. The zero-order valence-electron chi connectivity index (χ0n) is 12.5. The van der Waals surface area contributed by atoms with E-state index < -0.39 is 0 Å². The van der Waals surface area contributed by atoms with Gasteiger partial charge in [-0.1, -0.05) is 0 Å². The van der Waals surface area contributed by atoms with Gasteiger partial charge in [0.1, 0.15) is 0 Å². The Morgan fingerprint density at radius 2 is 1.67 bits per heavy atom. The van der Waals surface area contributed by atoms with Crippen molar-refractivity contribution < 1.29 is 0 Å². The summed E-state index contributed by atoms with van der Waals surface area (Å²) < 4.78 is 3.23. The summed E-state index contributed by atoms with van der Waals surface area (Å²) in [6.45, 7) is 1.14. The summed E-state index contributed by atoms with van der Waals surface area (Å²) in [5.74, 6) is 3.14. The quantitative estimate of drug-likeness (QED) is 0.832. The molecule has 0 atom stereocenters. The molecule has 0 spiro atoms. The van der Waals surface area contributed by atoms with Crippen molar-refractivity contribution in [2.75, 3.05) is 0 Å². The van der Waals surface area contributed by atoms with Crippen LogP contribution in [0.25, 0.3) is 9.65 Å². The molecule has 1 aromatic carbocycles. The Balaban J connectivity index is 1.35. The second-order valence-corrected chi connectivity index (χ2v) is 10.3. The summed E-state index contributed by atoms with van der Waals surface area (Å²) in [6.07, 6.45) is 9.02. The van der Waals surface area contributed by atoms with Gasteiger partial charge in [-0.3, -0.25) is 0 Å². The maximum absolute atomic E-state index is 4.05. The minimum absolute atomic E-state index is 0.514. The fourth-order valence-corrected chi connectivity index (χ4v) is 7.83. The molecule has 1 N–H and O–H groups in total. The topological polar surface area (TPSA) is 12.0 Å². The van der Waals surface area contributed by atoms with Crippen molar-refractivity contribution in [2.45, 2.75) is 50.6 Å². The van der Waals surface area contributed by atoms with Gasteiger partial charge in [0.05, 0.1) is 0 Å². The van der Waals surface area contributed by atoms with E-state index in [0.717, 1.165) is 24.3 Å². The SMILES string of the molecule is c1ccc2[se]c(CNC34CC5CC(CC(C5)C3)C4)cc2c1. The molecule has 0 unspecified atom stereocenters. The molecule has 0 saturated heterocycles. The Bertz CT molecular complexity index is 603. The van der Waals surface area contributed by atoms with Gasteiger partial charge in [-0.05, 0) is 0 Å². The van der Waals surface area contributed by atoms with Crippen molar-refractivity contribution in [1.29, 1.82) is 0 Å². The van der Waals surface area contributed by atoms with Gasteiger partial charge in [0.25, 0.3) is 0 Å². The van der Waals surface area contributed by atoms with E-state index in [0.29, 0.717) is 20.0 Å². The molecule has 21 heavy (non-hydrogen) atoms. The fourth-order valence-electron chi connectivity index (χ4n) is 5.73. The van der Waals surface area contributed by atoms with Crippen LogP contribution >= 0.6 is 0 Å². The fraction of sp³-hybridized carbons (Fsp3) is 0.579. The average Bonchev–Trinajstić information content (AvgIpc) is 2.87. The monoisotopic (exact) mass is 345 g/mol. The van der Waals surface area contributed by atoms with Crippen LogP contribution in [0.3, 0.4) is 0 Å². The molecule has 4 aliphatic rings. The zero-order chi connectivity index (χ0) is 13.9. The van der Waals surface area contributed by atoms with E-state index >= 15 is 0 Å². The van der Waals surface area contributed by atoms with Crippen molar-refractivity contribution in [2.24, 2.45) is 17.8 Å². The van der Waals surface area contributed by atoms with Crippen molar-refractivity contribution in [3.05, 3.63) is 34.8 Å². The zero-order valence-corrected chi connectivity index (χ0v) is 14.2. The molecular weight excluding hydrogens is 321 g/mol. The van der Waals surface area contributed by atoms with Crippen molar-refractivity contribution in [3.8, 4) is 0 Å². The first-order valence-corrected chi connectivity index (χ1v) is 10.2. The van der Waals surface area contributed by atoms with Gasteiger partial charge in [0.15, 0.2) is 0 Å². The number of hydrogen-bond donors (Lipinski definition) is 1. The van der Waals surface area contributed by atoms with Gasteiger partial charge in [-0.2, -0.15) is 0 Å². The molecule has 0 aliphatic heterocycles. The number of nitrogens with one attached hydrogen (secondary N) is 1. The van der Waals surface area contributed by atoms with Crippen molar-refractivity contribution in [1.82, 2.24) is 5.32 Å². The van der Waals surface area contributed by atoms with Crippen LogP contribution in [0.15, 0.2) is 30.3 Å². The van der Waals surface area contributed by atoms with E-state index in [4.69, 9.17) is 0 Å². The summed E-state index contributed by atoms with van der Waals surface area (Å²) in [5.41, 5.74) is 0.514. The molecule has 4 fully saturated rings. The van der Waals surface area contributed by atoms with Crippen LogP contribution in [0.4, 0.5) is 0 Å². The van der Waals surface area contributed by atoms with E-state index in [1.165, 1.54) is 43.9 Å². The van der Waals surface area contributed by atoms with Crippen LogP contribution in [-0.2, 0) is 6.54 Å². The average molecular weight is 344 g/mol. The van der Waals surface area contributed by atoms with E-state index in [9.17, 15) is 0 Å². The second kappa shape index (κ2) is 4.72. The third-order valence-corrected chi connectivity index (χ3v) is 8.49. The summed E-state index contributed by atoms with van der Waals surface area (Å²) in [6, 6.07) is 11.4. The minimum atomic E-state index is 0.514. The Hall–Kier alpha value is -0.561. The van der Waals surface area contributed by atoms with Gasteiger partial charge in [0.2, 0.25) is 0 Å². The Morgan fingerprint density at radius 3 is 2.33 bits per heavy atom. The standard InChI is InChI=1S/C19H23NSe/c1-2-4-18-16(3-1)8-17(21-18)12-20-19-9-13-5-14(10-19)7-15(6-13)11-19/h1-4,8,13-15,20H,5-7,9-12H2. The molecule has 1 heterocycles. The summed E-state index contributed by atoms with van der Waals surface area (Å²) in [5, 5.41) is 5.52. The van der Waals surface area contributed by atoms with Gasteiger partial charge >= 0.3 is 133 Å². The molecule has 6 rings (SSSR count). The van der Waals surface area contributed by atoms with Gasteiger partial charge in [-0.15, -0.1) is 0 Å². The number of fused-ring (bicyclic) bond motifs is 1. The first-order chi connectivity index (χ1) is 10.3. The van der Waals surface area contributed by atoms with Crippen molar-refractivity contribution >= 4 is 24.1 Å². The van der Waals surface area contributed by atoms with E-state index in [-0.39, 0.29) is 0 Å². The first-order valence-electron chi connectivity index (χ1n) is 8.50. The number of hydrogen-bond acceptors (Lipinski definition) is 1. The van der Waals surface area contributed by atoms with Crippen LogP contribution in [0, 0.1) is 17.8 Å². The van der Waals surface area contributed by atoms with Gasteiger partial charge in [-0.25, -0.2) is 0 Å². The first kappa shape index (κ1) is 12.9. The van der Waals surface area contributed by atoms with Crippen LogP contribution in [0.1, 0.15) is 43.0 Å². The molecule has 0 amide bonds. The molecule has 4 aliphatic carbocycles.